The summed E-state index contributed by atoms with van der Waals surface area (Å²) in [5.74, 6) is -0.314. The van der Waals surface area contributed by atoms with E-state index in [4.69, 9.17) is 14.7 Å². The van der Waals surface area contributed by atoms with E-state index in [1.165, 1.54) is 5.56 Å². The summed E-state index contributed by atoms with van der Waals surface area (Å²) in [6, 6.07) is 16.2. The van der Waals surface area contributed by atoms with Crippen LogP contribution in [0.25, 0.3) is 0 Å². The highest BCUT2D eigenvalue weighted by Crippen LogP contribution is 2.35. The van der Waals surface area contributed by atoms with Gasteiger partial charge in [0.15, 0.2) is 5.78 Å². The van der Waals surface area contributed by atoms with E-state index in [-0.39, 0.29) is 11.7 Å². The number of fused-ring (bicyclic) bond motifs is 2. The molecule has 0 spiro atoms. The average Bonchev–Trinajstić information content (AvgIpc) is 3.39. The second kappa shape index (κ2) is 8.00. The van der Waals surface area contributed by atoms with Gasteiger partial charge in [0.25, 0.3) is 0 Å². The molecule has 0 saturated heterocycles. The lowest BCUT2D eigenvalue weighted by molar-refractivity contribution is -0.115. The number of aromatic nitrogens is 1. The number of carbonyl (C=O) groups is 1. The van der Waals surface area contributed by atoms with Gasteiger partial charge in [-0.2, -0.15) is 0 Å². The Labute approximate surface area is 181 Å². The number of Topliss-reactive ketones (excluding diaryl/α,β-unsaturated/α-hetero) is 1. The fourth-order valence-corrected chi connectivity index (χ4v) is 4.37. The molecule has 5 rings (SSSR count). The largest absolute Gasteiger partial charge is 0.384 e. The van der Waals surface area contributed by atoms with E-state index in [1.54, 1.807) is 19.5 Å². The Hall–Kier alpha value is -3.44. The number of ketones is 1. The molecule has 3 heterocycles. The fraction of sp³-hybridized carbons (Fsp3) is 0.231. The topological polar surface area (TPSA) is 63.9 Å². The predicted octanol–water partition coefficient (Wildman–Crippen LogP) is 4.37. The molecule has 0 saturated carbocycles. The van der Waals surface area contributed by atoms with E-state index in [0.717, 1.165) is 39.2 Å². The maximum absolute atomic E-state index is 13.4. The van der Waals surface area contributed by atoms with E-state index >= 15 is 0 Å². The maximum atomic E-state index is 13.4. The third-order valence-corrected chi connectivity index (χ3v) is 5.91. The van der Waals surface area contributed by atoms with Gasteiger partial charge < -0.3 is 4.74 Å². The maximum Gasteiger partial charge on any atom is 0.187 e. The molecule has 2 aliphatic rings. The van der Waals surface area contributed by atoms with Gasteiger partial charge in [0.2, 0.25) is 0 Å². The molecule has 5 nitrogen and oxygen atoms in total. The first-order valence-corrected chi connectivity index (χ1v) is 10.4. The molecule has 5 heteroatoms. The minimum absolute atomic E-state index is 0.0341. The van der Waals surface area contributed by atoms with Crippen LogP contribution in [0.15, 0.2) is 70.9 Å². The number of aryl methyl sites for hydroxylation is 1. The van der Waals surface area contributed by atoms with Crippen LogP contribution in [0.3, 0.4) is 0 Å². The Morgan fingerprint density at radius 2 is 1.94 bits per heavy atom. The van der Waals surface area contributed by atoms with Gasteiger partial charge in [0.05, 0.1) is 36.2 Å². The molecule has 0 unspecified atom stereocenters. The van der Waals surface area contributed by atoms with Crippen LogP contribution in [-0.2, 0) is 22.5 Å². The zero-order valence-corrected chi connectivity index (χ0v) is 17.6. The van der Waals surface area contributed by atoms with Gasteiger partial charge in [-0.15, -0.1) is 0 Å². The van der Waals surface area contributed by atoms with Crippen LogP contribution >= 0.6 is 0 Å². The zero-order valence-electron chi connectivity index (χ0n) is 17.6. The molecule has 154 valence electrons. The van der Waals surface area contributed by atoms with Crippen molar-refractivity contribution in [1.82, 2.24) is 4.98 Å². The summed E-state index contributed by atoms with van der Waals surface area (Å²) in [7, 11) is 1.63. The van der Waals surface area contributed by atoms with Crippen molar-refractivity contribution < 1.29 is 9.53 Å². The van der Waals surface area contributed by atoms with Gasteiger partial charge in [-0.1, -0.05) is 35.9 Å². The molecular formula is C26H23N3O2. The van der Waals surface area contributed by atoms with Crippen molar-refractivity contribution in [2.45, 2.75) is 25.8 Å². The van der Waals surface area contributed by atoms with Crippen LogP contribution in [0.1, 0.15) is 39.3 Å². The zero-order chi connectivity index (χ0) is 21.4. The highest BCUT2D eigenvalue weighted by atomic mass is 16.5. The quantitative estimate of drug-likeness (QED) is 0.607. The Bertz CT molecular complexity index is 1230. The lowest BCUT2D eigenvalue weighted by atomic mass is 9.90. The number of carbonyl (C=O) groups excluding carboxylic acids is 1. The molecule has 2 aromatic carbocycles. The molecule has 0 bridgehead atoms. The first-order valence-electron chi connectivity index (χ1n) is 10.4. The van der Waals surface area contributed by atoms with E-state index < -0.39 is 0 Å². The minimum atomic E-state index is -0.348. The van der Waals surface area contributed by atoms with Gasteiger partial charge in [-0.25, -0.2) is 4.99 Å². The molecule has 1 atom stereocenters. The molecule has 0 radical (unpaired) electrons. The molecule has 2 aliphatic heterocycles. The molecule has 0 fully saturated rings. The third kappa shape index (κ3) is 3.62. The first kappa shape index (κ1) is 19.5. The predicted molar refractivity (Wildman–Crippen MR) is 122 cm³/mol. The van der Waals surface area contributed by atoms with Crippen molar-refractivity contribution in [1.29, 1.82) is 0 Å². The third-order valence-electron chi connectivity index (χ3n) is 5.91. The summed E-state index contributed by atoms with van der Waals surface area (Å²) in [6.45, 7) is 3.02. The number of aliphatic imine (C=N–C) groups is 2. The molecular weight excluding hydrogens is 386 g/mol. The molecule has 0 aliphatic carbocycles. The standard InChI is InChI=1S/C26H23N3O2/c1-16-4-3-5-18(10-16)22(15-31-2)26(30)24-12-19-11-20-14-28-25(17-6-8-27-9-7-17)21(20)13-23(19)29-24/h3-11,13,22H,12,14-15H2,1-2H3/t22-/m1/s1. The van der Waals surface area contributed by atoms with Crippen molar-refractivity contribution in [3.8, 4) is 0 Å². The Morgan fingerprint density at radius 3 is 2.71 bits per heavy atom. The van der Waals surface area contributed by atoms with E-state index in [2.05, 4.69) is 23.2 Å². The first-order chi connectivity index (χ1) is 15.1. The summed E-state index contributed by atoms with van der Waals surface area (Å²) >= 11 is 0. The van der Waals surface area contributed by atoms with E-state index in [9.17, 15) is 4.79 Å². The summed E-state index contributed by atoms with van der Waals surface area (Å²) in [5.41, 5.74) is 8.95. The average molecular weight is 409 g/mol. The van der Waals surface area contributed by atoms with E-state index in [0.29, 0.717) is 25.3 Å². The van der Waals surface area contributed by atoms with Gasteiger partial charge in [-0.3, -0.25) is 14.8 Å². The monoisotopic (exact) mass is 409 g/mol. The number of ether oxygens (including phenoxy) is 1. The number of pyridine rings is 1. The van der Waals surface area contributed by atoms with Gasteiger partial charge in [-0.05, 0) is 41.8 Å². The Balaban J connectivity index is 1.46. The summed E-state index contributed by atoms with van der Waals surface area (Å²) in [4.78, 5) is 27.0. The highest BCUT2D eigenvalue weighted by molar-refractivity contribution is 6.43. The van der Waals surface area contributed by atoms with Crippen LogP contribution in [0, 0.1) is 6.92 Å². The van der Waals surface area contributed by atoms with Crippen molar-refractivity contribution in [2.75, 3.05) is 13.7 Å². The lowest BCUT2D eigenvalue weighted by Crippen LogP contribution is -2.25. The Morgan fingerprint density at radius 1 is 1.10 bits per heavy atom. The molecule has 1 aromatic heterocycles. The number of nitrogens with zero attached hydrogens (tertiary/aromatic N) is 3. The number of rotatable bonds is 6. The number of benzene rings is 2. The number of hydrogen-bond acceptors (Lipinski definition) is 5. The van der Waals surface area contributed by atoms with E-state index in [1.807, 2.05) is 37.3 Å². The van der Waals surface area contributed by atoms with Crippen LogP contribution in [0.4, 0.5) is 5.69 Å². The van der Waals surface area contributed by atoms with Crippen molar-refractivity contribution in [3.63, 3.8) is 0 Å². The lowest BCUT2D eigenvalue weighted by Gasteiger charge is -2.16. The highest BCUT2D eigenvalue weighted by Gasteiger charge is 2.30. The van der Waals surface area contributed by atoms with Crippen LogP contribution in [0.2, 0.25) is 0 Å². The van der Waals surface area contributed by atoms with Crippen LogP contribution in [0.5, 0.6) is 0 Å². The summed E-state index contributed by atoms with van der Waals surface area (Å²) in [6.07, 6.45) is 4.11. The molecule has 0 N–H and O–H groups in total. The fourth-order valence-electron chi connectivity index (χ4n) is 4.37. The minimum Gasteiger partial charge on any atom is -0.384 e. The molecule has 3 aromatic rings. The normalized spacial score (nSPS) is 15.2. The smallest absolute Gasteiger partial charge is 0.187 e. The van der Waals surface area contributed by atoms with Crippen molar-refractivity contribution in [2.24, 2.45) is 9.98 Å². The van der Waals surface area contributed by atoms with Crippen molar-refractivity contribution >= 4 is 22.9 Å². The number of hydrogen-bond donors (Lipinski definition) is 0. The SMILES string of the molecule is COC[C@@H](C(=O)C1=Nc2cc3c(cc2C1)CN=C3c1ccncc1)c1cccc(C)c1. The molecule has 31 heavy (non-hydrogen) atoms. The van der Waals surface area contributed by atoms with Gasteiger partial charge >= 0.3 is 0 Å². The molecule has 0 amide bonds. The van der Waals surface area contributed by atoms with Gasteiger partial charge in [0, 0.05) is 37.1 Å². The second-order valence-corrected chi connectivity index (χ2v) is 8.06. The summed E-state index contributed by atoms with van der Waals surface area (Å²) < 4.78 is 5.39. The number of methoxy groups -OCH3 is 1. The Kier molecular flexibility index (Phi) is 5.04. The van der Waals surface area contributed by atoms with Crippen molar-refractivity contribution in [3.05, 3.63) is 94.3 Å². The summed E-state index contributed by atoms with van der Waals surface area (Å²) in [5, 5.41) is 0. The second-order valence-electron chi connectivity index (χ2n) is 8.06. The van der Waals surface area contributed by atoms with Crippen LogP contribution < -0.4 is 0 Å². The van der Waals surface area contributed by atoms with Crippen LogP contribution in [-0.4, -0.2) is 35.9 Å². The van der Waals surface area contributed by atoms with Gasteiger partial charge in [0.1, 0.15) is 0 Å².